The van der Waals surface area contributed by atoms with Crippen molar-refractivity contribution in [3.8, 4) is 0 Å². The van der Waals surface area contributed by atoms with Crippen molar-refractivity contribution in [3.05, 3.63) is 52.1 Å². The third kappa shape index (κ3) is 5.75. The van der Waals surface area contributed by atoms with E-state index in [-0.39, 0.29) is 22.4 Å². The first-order chi connectivity index (χ1) is 12.6. The minimum atomic E-state index is -3.24. The molecule has 0 bridgehead atoms. The van der Waals surface area contributed by atoms with Crippen LogP contribution in [0.15, 0.2) is 24.3 Å². The molecule has 0 saturated carbocycles. The SMILES string of the molecule is Cc1nn(Cc2ccc(F)cc2)c(Cl)c1C(=O)NCCCN(C)S(C)(=O)=O. The van der Waals surface area contributed by atoms with Crippen molar-refractivity contribution in [2.45, 2.75) is 19.9 Å². The Balaban J connectivity index is 1.98. The van der Waals surface area contributed by atoms with Gasteiger partial charge in [0.2, 0.25) is 10.0 Å². The van der Waals surface area contributed by atoms with E-state index in [1.165, 1.54) is 28.2 Å². The fourth-order valence-corrected chi connectivity index (χ4v) is 3.22. The van der Waals surface area contributed by atoms with Gasteiger partial charge in [0.15, 0.2) is 0 Å². The van der Waals surface area contributed by atoms with E-state index in [2.05, 4.69) is 10.4 Å². The Labute approximate surface area is 163 Å². The number of hydrogen-bond acceptors (Lipinski definition) is 4. The number of rotatable bonds is 8. The highest BCUT2D eigenvalue weighted by molar-refractivity contribution is 7.88. The maximum Gasteiger partial charge on any atom is 0.256 e. The average molecular weight is 417 g/mol. The molecule has 2 aromatic rings. The standard InChI is InChI=1S/C17H22ClFN4O3S/c1-12-15(17(24)20-9-4-10-22(2)27(3,25)26)16(18)23(21-12)11-13-5-7-14(19)8-6-13/h5-8H,4,9-11H2,1-3H3,(H,20,24). The molecular formula is C17H22ClFN4O3S. The number of carbonyl (C=O) groups is 1. The van der Waals surface area contributed by atoms with E-state index in [0.717, 1.165) is 11.8 Å². The van der Waals surface area contributed by atoms with Crippen molar-refractivity contribution in [2.75, 3.05) is 26.4 Å². The predicted molar refractivity (Wildman–Crippen MR) is 102 cm³/mol. The van der Waals surface area contributed by atoms with Crippen LogP contribution in [-0.4, -0.2) is 54.8 Å². The van der Waals surface area contributed by atoms with Gasteiger partial charge in [-0.05, 0) is 31.0 Å². The molecule has 1 aromatic carbocycles. The van der Waals surface area contributed by atoms with E-state index in [1.807, 2.05) is 0 Å². The minimum Gasteiger partial charge on any atom is -0.352 e. The number of hydrogen-bond donors (Lipinski definition) is 1. The van der Waals surface area contributed by atoms with Gasteiger partial charge in [-0.3, -0.25) is 4.79 Å². The molecule has 7 nitrogen and oxygen atoms in total. The summed E-state index contributed by atoms with van der Waals surface area (Å²) in [5.41, 5.74) is 1.56. The van der Waals surface area contributed by atoms with Crippen LogP contribution in [0.1, 0.15) is 28.0 Å². The first kappa shape index (κ1) is 21.3. The number of halogens is 2. The van der Waals surface area contributed by atoms with Crippen LogP contribution in [0.4, 0.5) is 4.39 Å². The number of carbonyl (C=O) groups excluding carboxylic acids is 1. The van der Waals surface area contributed by atoms with Gasteiger partial charge in [-0.15, -0.1) is 0 Å². The van der Waals surface area contributed by atoms with Gasteiger partial charge in [-0.1, -0.05) is 23.7 Å². The van der Waals surface area contributed by atoms with Crippen LogP contribution < -0.4 is 5.32 Å². The van der Waals surface area contributed by atoms with Crippen molar-refractivity contribution >= 4 is 27.5 Å². The van der Waals surface area contributed by atoms with Crippen molar-refractivity contribution in [1.29, 1.82) is 0 Å². The topological polar surface area (TPSA) is 84.3 Å². The summed E-state index contributed by atoms with van der Waals surface area (Å²) >= 11 is 6.31. The minimum absolute atomic E-state index is 0.197. The highest BCUT2D eigenvalue weighted by Gasteiger charge is 2.20. The molecule has 0 aliphatic rings. The maximum absolute atomic E-state index is 13.0. The smallest absolute Gasteiger partial charge is 0.256 e. The van der Waals surface area contributed by atoms with Crippen LogP contribution in [0.2, 0.25) is 5.15 Å². The molecule has 0 aliphatic carbocycles. The van der Waals surface area contributed by atoms with Gasteiger partial charge in [-0.2, -0.15) is 5.10 Å². The van der Waals surface area contributed by atoms with Crippen LogP contribution >= 0.6 is 11.6 Å². The van der Waals surface area contributed by atoms with Crippen molar-refractivity contribution in [2.24, 2.45) is 0 Å². The van der Waals surface area contributed by atoms with E-state index in [9.17, 15) is 17.6 Å². The molecule has 0 aliphatic heterocycles. The molecule has 27 heavy (non-hydrogen) atoms. The Morgan fingerprint density at radius 2 is 1.96 bits per heavy atom. The zero-order valence-electron chi connectivity index (χ0n) is 15.4. The van der Waals surface area contributed by atoms with Crippen molar-refractivity contribution in [3.63, 3.8) is 0 Å². The maximum atomic E-state index is 13.0. The lowest BCUT2D eigenvalue weighted by atomic mass is 10.2. The Morgan fingerprint density at radius 3 is 2.56 bits per heavy atom. The van der Waals surface area contributed by atoms with E-state index < -0.39 is 10.0 Å². The summed E-state index contributed by atoms with van der Waals surface area (Å²) in [6, 6.07) is 5.95. The van der Waals surface area contributed by atoms with Gasteiger partial charge in [-0.25, -0.2) is 21.8 Å². The Hall–Kier alpha value is -1.97. The fourth-order valence-electron chi connectivity index (χ4n) is 2.44. The Morgan fingerprint density at radius 1 is 1.33 bits per heavy atom. The summed E-state index contributed by atoms with van der Waals surface area (Å²) in [5.74, 6) is -0.701. The zero-order chi connectivity index (χ0) is 20.2. The molecule has 1 aromatic heterocycles. The molecule has 1 heterocycles. The van der Waals surface area contributed by atoms with Gasteiger partial charge in [0.25, 0.3) is 5.91 Å². The molecule has 1 N–H and O–H groups in total. The molecule has 1 amide bonds. The Kier molecular flexibility index (Phi) is 6.96. The van der Waals surface area contributed by atoms with Crippen LogP contribution in [-0.2, 0) is 16.6 Å². The van der Waals surface area contributed by atoms with Crippen LogP contribution in [0.5, 0.6) is 0 Å². The lowest BCUT2D eigenvalue weighted by Gasteiger charge is -2.13. The summed E-state index contributed by atoms with van der Waals surface area (Å²) < 4.78 is 38.4. The molecule has 2 rings (SSSR count). The quantitative estimate of drug-likeness (QED) is 0.667. The van der Waals surface area contributed by atoms with Crippen LogP contribution in [0.3, 0.4) is 0 Å². The largest absolute Gasteiger partial charge is 0.352 e. The molecule has 0 atom stereocenters. The molecule has 0 unspecified atom stereocenters. The number of amides is 1. The van der Waals surface area contributed by atoms with E-state index in [1.54, 1.807) is 19.1 Å². The molecule has 148 valence electrons. The number of nitrogens with zero attached hydrogens (tertiary/aromatic N) is 3. The van der Waals surface area contributed by atoms with Gasteiger partial charge < -0.3 is 5.32 Å². The highest BCUT2D eigenvalue weighted by Crippen LogP contribution is 2.21. The van der Waals surface area contributed by atoms with Crippen LogP contribution in [0.25, 0.3) is 0 Å². The summed E-state index contributed by atoms with van der Waals surface area (Å²) in [6.45, 7) is 2.60. The van der Waals surface area contributed by atoms with Crippen molar-refractivity contribution in [1.82, 2.24) is 19.4 Å². The number of nitrogens with one attached hydrogen (secondary N) is 1. The first-order valence-electron chi connectivity index (χ1n) is 8.26. The molecule has 0 saturated heterocycles. The molecular weight excluding hydrogens is 395 g/mol. The third-order valence-corrected chi connectivity index (χ3v) is 5.74. The first-order valence-corrected chi connectivity index (χ1v) is 10.5. The summed E-state index contributed by atoms with van der Waals surface area (Å²) in [5, 5.41) is 7.20. The van der Waals surface area contributed by atoms with Gasteiger partial charge in [0.05, 0.1) is 24.1 Å². The van der Waals surface area contributed by atoms with E-state index in [4.69, 9.17) is 11.6 Å². The summed E-state index contributed by atoms with van der Waals surface area (Å²) in [6.07, 6.45) is 1.60. The molecule has 0 spiro atoms. The Bertz CT molecular complexity index is 913. The average Bonchev–Trinajstić information content (AvgIpc) is 2.86. The summed E-state index contributed by atoms with van der Waals surface area (Å²) in [4.78, 5) is 12.4. The van der Waals surface area contributed by atoms with Gasteiger partial charge >= 0.3 is 0 Å². The van der Waals surface area contributed by atoms with Gasteiger partial charge in [0.1, 0.15) is 11.0 Å². The molecule has 0 radical (unpaired) electrons. The molecule has 10 heteroatoms. The van der Waals surface area contributed by atoms with Crippen LogP contribution in [0, 0.1) is 12.7 Å². The lowest BCUT2D eigenvalue weighted by molar-refractivity contribution is 0.0952. The lowest BCUT2D eigenvalue weighted by Crippen LogP contribution is -2.31. The summed E-state index contributed by atoms with van der Waals surface area (Å²) in [7, 11) is -1.75. The van der Waals surface area contributed by atoms with Crippen molar-refractivity contribution < 1.29 is 17.6 Å². The number of aromatic nitrogens is 2. The highest BCUT2D eigenvalue weighted by atomic mass is 35.5. The normalized spacial score (nSPS) is 11.8. The van der Waals surface area contributed by atoms with Gasteiger partial charge in [0, 0.05) is 20.1 Å². The zero-order valence-corrected chi connectivity index (χ0v) is 16.9. The van der Waals surface area contributed by atoms with E-state index in [0.29, 0.717) is 31.7 Å². The second-order valence-electron chi connectivity index (χ2n) is 6.23. The number of aryl methyl sites for hydroxylation is 1. The number of benzene rings is 1. The number of sulfonamides is 1. The molecule has 0 fully saturated rings. The second kappa shape index (κ2) is 8.81. The predicted octanol–water partition coefficient (Wildman–Crippen LogP) is 2.04. The second-order valence-corrected chi connectivity index (χ2v) is 8.68. The third-order valence-electron chi connectivity index (χ3n) is 4.04. The van der Waals surface area contributed by atoms with E-state index >= 15 is 0 Å². The fraction of sp³-hybridized carbons (Fsp3) is 0.412. The monoisotopic (exact) mass is 416 g/mol.